The second kappa shape index (κ2) is 8.22. The van der Waals surface area contributed by atoms with Gasteiger partial charge in [0.2, 0.25) is 5.95 Å². The van der Waals surface area contributed by atoms with Crippen molar-refractivity contribution in [2.45, 2.75) is 18.9 Å². The first-order chi connectivity index (χ1) is 13.7. The fourth-order valence-electron chi connectivity index (χ4n) is 3.26. The predicted octanol–water partition coefficient (Wildman–Crippen LogP) is 3.25. The molecule has 1 unspecified atom stereocenters. The monoisotopic (exact) mass is 377 g/mol. The molecule has 7 heteroatoms. The van der Waals surface area contributed by atoms with Gasteiger partial charge in [-0.1, -0.05) is 6.07 Å². The molecule has 28 heavy (non-hydrogen) atoms. The molecule has 2 aromatic heterocycles. The average molecular weight is 377 g/mol. The molecule has 2 N–H and O–H groups in total. The van der Waals surface area contributed by atoms with Crippen molar-refractivity contribution in [2.24, 2.45) is 0 Å². The van der Waals surface area contributed by atoms with E-state index < -0.39 is 0 Å². The molecular weight excluding hydrogens is 354 g/mol. The standard InChI is InChI=1S/C21H23N5O2/c1-28-17-9-7-15(8-10-17)23-21-24-19(18-6-2-3-11-22-18)13-20(25-21)26-12-4-5-16(27)14-26/h2-3,6-11,13,16,27H,4-5,12,14H2,1H3,(H,23,24,25). The van der Waals surface area contributed by atoms with Crippen LogP contribution in [0.5, 0.6) is 5.75 Å². The van der Waals surface area contributed by atoms with E-state index in [4.69, 9.17) is 4.74 Å². The second-order valence-electron chi connectivity index (χ2n) is 6.75. The summed E-state index contributed by atoms with van der Waals surface area (Å²) in [5, 5.41) is 13.3. The maximum absolute atomic E-state index is 10.1. The number of hydrogen-bond donors (Lipinski definition) is 2. The summed E-state index contributed by atoms with van der Waals surface area (Å²) in [5.41, 5.74) is 2.38. The normalized spacial score (nSPS) is 16.6. The number of anilines is 3. The van der Waals surface area contributed by atoms with Crippen molar-refractivity contribution in [1.82, 2.24) is 15.0 Å². The molecule has 0 bridgehead atoms. The molecule has 1 fully saturated rings. The van der Waals surface area contributed by atoms with Crippen molar-refractivity contribution >= 4 is 17.5 Å². The Morgan fingerprint density at radius 2 is 1.96 bits per heavy atom. The lowest BCUT2D eigenvalue weighted by Gasteiger charge is -2.31. The Balaban J connectivity index is 1.68. The molecule has 4 rings (SSSR count). The van der Waals surface area contributed by atoms with E-state index >= 15 is 0 Å². The molecule has 0 aliphatic carbocycles. The van der Waals surface area contributed by atoms with E-state index in [2.05, 4.69) is 25.2 Å². The van der Waals surface area contributed by atoms with Gasteiger partial charge in [-0.2, -0.15) is 4.98 Å². The summed E-state index contributed by atoms with van der Waals surface area (Å²) >= 11 is 0. The summed E-state index contributed by atoms with van der Waals surface area (Å²) in [4.78, 5) is 15.9. The van der Waals surface area contributed by atoms with Crippen molar-refractivity contribution in [2.75, 3.05) is 30.4 Å². The lowest BCUT2D eigenvalue weighted by molar-refractivity contribution is 0.154. The third kappa shape index (κ3) is 4.20. The molecule has 7 nitrogen and oxygen atoms in total. The molecule has 3 heterocycles. The Kier molecular flexibility index (Phi) is 5.34. The fourth-order valence-corrected chi connectivity index (χ4v) is 3.26. The van der Waals surface area contributed by atoms with Crippen LogP contribution in [-0.4, -0.2) is 46.4 Å². The molecule has 1 aliphatic heterocycles. The maximum Gasteiger partial charge on any atom is 0.229 e. The van der Waals surface area contributed by atoms with Crippen molar-refractivity contribution in [3.8, 4) is 17.1 Å². The van der Waals surface area contributed by atoms with Crippen LogP contribution in [-0.2, 0) is 0 Å². The number of benzene rings is 1. The minimum absolute atomic E-state index is 0.333. The molecule has 0 radical (unpaired) electrons. The van der Waals surface area contributed by atoms with Crippen LogP contribution in [0, 0.1) is 0 Å². The number of aliphatic hydroxyl groups excluding tert-OH is 1. The molecule has 3 aromatic rings. The number of rotatable bonds is 5. The Morgan fingerprint density at radius 3 is 2.68 bits per heavy atom. The zero-order valence-corrected chi connectivity index (χ0v) is 15.7. The number of aromatic nitrogens is 3. The van der Waals surface area contributed by atoms with Gasteiger partial charge in [0.05, 0.1) is 24.6 Å². The number of ether oxygens (including phenoxy) is 1. The summed E-state index contributed by atoms with van der Waals surface area (Å²) < 4.78 is 5.21. The van der Waals surface area contributed by atoms with Crippen LogP contribution in [0.25, 0.3) is 11.4 Å². The number of hydrogen-bond acceptors (Lipinski definition) is 7. The summed E-state index contributed by atoms with van der Waals surface area (Å²) in [6.07, 6.45) is 3.18. The van der Waals surface area contributed by atoms with Crippen LogP contribution in [0.2, 0.25) is 0 Å². The van der Waals surface area contributed by atoms with Gasteiger partial charge in [-0.15, -0.1) is 0 Å². The van der Waals surface area contributed by atoms with E-state index in [1.165, 1.54) is 0 Å². The zero-order valence-electron chi connectivity index (χ0n) is 15.7. The fraction of sp³-hybridized carbons (Fsp3) is 0.286. The zero-order chi connectivity index (χ0) is 19.3. The Bertz CT molecular complexity index is 918. The van der Waals surface area contributed by atoms with Gasteiger partial charge >= 0.3 is 0 Å². The van der Waals surface area contributed by atoms with Crippen LogP contribution < -0.4 is 15.0 Å². The van der Waals surface area contributed by atoms with Gasteiger partial charge in [0.15, 0.2) is 0 Å². The van der Waals surface area contributed by atoms with Gasteiger partial charge in [0.1, 0.15) is 11.6 Å². The first kappa shape index (κ1) is 18.2. The molecular formula is C21H23N5O2. The first-order valence-corrected chi connectivity index (χ1v) is 9.36. The highest BCUT2D eigenvalue weighted by Crippen LogP contribution is 2.26. The number of pyridine rings is 1. The van der Waals surface area contributed by atoms with Crippen LogP contribution in [0.4, 0.5) is 17.5 Å². The number of nitrogens with zero attached hydrogens (tertiary/aromatic N) is 4. The van der Waals surface area contributed by atoms with Crippen LogP contribution >= 0.6 is 0 Å². The van der Waals surface area contributed by atoms with Gasteiger partial charge in [-0.3, -0.25) is 4.98 Å². The Hall–Kier alpha value is -3.19. The first-order valence-electron chi connectivity index (χ1n) is 9.36. The molecule has 0 amide bonds. The van der Waals surface area contributed by atoms with E-state index in [0.29, 0.717) is 12.5 Å². The van der Waals surface area contributed by atoms with Gasteiger partial charge in [0.25, 0.3) is 0 Å². The van der Waals surface area contributed by atoms with E-state index in [9.17, 15) is 5.11 Å². The van der Waals surface area contributed by atoms with Crippen molar-refractivity contribution < 1.29 is 9.84 Å². The summed E-state index contributed by atoms with van der Waals surface area (Å²) in [7, 11) is 1.64. The maximum atomic E-state index is 10.1. The molecule has 0 spiro atoms. The second-order valence-corrected chi connectivity index (χ2v) is 6.75. The lowest BCUT2D eigenvalue weighted by atomic mass is 10.1. The molecule has 1 saturated heterocycles. The van der Waals surface area contributed by atoms with E-state index in [1.54, 1.807) is 13.3 Å². The summed E-state index contributed by atoms with van der Waals surface area (Å²) in [6, 6.07) is 15.3. The minimum atomic E-state index is -0.333. The third-order valence-electron chi connectivity index (χ3n) is 4.71. The molecule has 144 valence electrons. The number of piperidine rings is 1. The Labute approximate surface area is 164 Å². The van der Waals surface area contributed by atoms with Crippen molar-refractivity contribution in [3.05, 3.63) is 54.7 Å². The smallest absolute Gasteiger partial charge is 0.229 e. The largest absolute Gasteiger partial charge is 0.497 e. The molecule has 0 saturated carbocycles. The number of nitrogens with one attached hydrogen (secondary N) is 1. The Morgan fingerprint density at radius 1 is 1.11 bits per heavy atom. The highest BCUT2D eigenvalue weighted by molar-refractivity contribution is 5.64. The number of methoxy groups -OCH3 is 1. The highest BCUT2D eigenvalue weighted by Gasteiger charge is 2.20. The summed E-state index contributed by atoms with van der Waals surface area (Å²) in [6.45, 7) is 1.43. The van der Waals surface area contributed by atoms with E-state index in [-0.39, 0.29) is 6.10 Å². The quantitative estimate of drug-likeness (QED) is 0.706. The average Bonchev–Trinajstić information content (AvgIpc) is 2.75. The molecule has 1 aromatic carbocycles. The molecule has 1 aliphatic rings. The van der Waals surface area contributed by atoms with Gasteiger partial charge in [0, 0.05) is 31.0 Å². The SMILES string of the molecule is COc1ccc(Nc2nc(-c3ccccn3)cc(N3CCCC(O)C3)n2)cc1. The third-order valence-corrected chi connectivity index (χ3v) is 4.71. The number of β-amino-alcohol motifs (C(OH)–C–C–N with tert-alkyl or cyclic N) is 1. The van der Waals surface area contributed by atoms with Crippen LogP contribution in [0.3, 0.4) is 0 Å². The molecule has 1 atom stereocenters. The topological polar surface area (TPSA) is 83.4 Å². The lowest BCUT2D eigenvalue weighted by Crippen LogP contribution is -2.38. The van der Waals surface area contributed by atoms with Crippen LogP contribution in [0.1, 0.15) is 12.8 Å². The summed E-state index contributed by atoms with van der Waals surface area (Å²) in [5.74, 6) is 2.06. The van der Waals surface area contributed by atoms with Gasteiger partial charge in [-0.05, 0) is 49.2 Å². The van der Waals surface area contributed by atoms with Crippen molar-refractivity contribution in [1.29, 1.82) is 0 Å². The predicted molar refractivity (Wildman–Crippen MR) is 109 cm³/mol. The van der Waals surface area contributed by atoms with Gasteiger partial charge in [-0.25, -0.2) is 4.98 Å². The van der Waals surface area contributed by atoms with Gasteiger partial charge < -0.3 is 20.1 Å². The highest BCUT2D eigenvalue weighted by atomic mass is 16.5. The van der Waals surface area contributed by atoms with Crippen LogP contribution in [0.15, 0.2) is 54.7 Å². The van der Waals surface area contributed by atoms with Crippen molar-refractivity contribution in [3.63, 3.8) is 0 Å². The van der Waals surface area contributed by atoms with E-state index in [1.807, 2.05) is 48.5 Å². The van der Waals surface area contributed by atoms with E-state index in [0.717, 1.165) is 48.0 Å². The number of aliphatic hydroxyl groups is 1. The minimum Gasteiger partial charge on any atom is -0.497 e.